The lowest BCUT2D eigenvalue weighted by molar-refractivity contribution is -0.120. The smallest absolute Gasteiger partial charge is 0.133 e. The summed E-state index contributed by atoms with van der Waals surface area (Å²) >= 11 is 0. The van der Waals surface area contributed by atoms with Gasteiger partial charge >= 0.3 is 0 Å². The Morgan fingerprint density at radius 1 is 0.552 bits per heavy atom. The second-order valence-corrected chi connectivity index (χ2v) is 9.11. The molecule has 0 N–H and O–H groups in total. The van der Waals surface area contributed by atoms with Gasteiger partial charge in [-0.25, -0.2) is 0 Å². The Morgan fingerprint density at radius 3 is 1.24 bits per heavy atom. The van der Waals surface area contributed by atoms with E-state index in [4.69, 9.17) is 0 Å². The first kappa shape index (κ1) is 27.4. The predicted octanol–water partition coefficient (Wildman–Crippen LogP) is 9.08. The molecule has 164 valence electrons. The average molecular weight is 399 g/mol. The van der Waals surface area contributed by atoms with Crippen molar-refractivity contribution in [3.63, 3.8) is 0 Å². The number of hydrogen-bond acceptors (Lipinski definition) is 1. The maximum Gasteiger partial charge on any atom is 0.133 e. The molecule has 1 unspecified atom stereocenters. The zero-order valence-corrected chi connectivity index (χ0v) is 20.5. The zero-order chi connectivity index (χ0) is 22.2. The van der Waals surface area contributed by atoms with Crippen LogP contribution < -0.4 is 0 Å². The molecular formula is C28H46O. The molecule has 0 rings (SSSR count). The van der Waals surface area contributed by atoms with Crippen molar-refractivity contribution in [3.8, 4) is 0 Å². The van der Waals surface area contributed by atoms with Crippen LogP contribution in [0, 0.1) is 5.92 Å². The monoisotopic (exact) mass is 398 g/mol. The number of rotatable bonds is 14. The molecule has 0 aromatic heterocycles. The van der Waals surface area contributed by atoms with Gasteiger partial charge in [0.15, 0.2) is 0 Å². The molecule has 1 heteroatoms. The van der Waals surface area contributed by atoms with Crippen molar-refractivity contribution < 1.29 is 4.79 Å². The fourth-order valence-corrected chi connectivity index (χ4v) is 3.14. The summed E-state index contributed by atoms with van der Waals surface area (Å²) in [6.45, 7) is 16.9. The molecule has 0 heterocycles. The lowest BCUT2D eigenvalue weighted by atomic mass is 9.94. The van der Waals surface area contributed by atoms with Crippen molar-refractivity contribution in [2.45, 2.75) is 107 Å². The molecule has 0 fully saturated rings. The van der Waals surface area contributed by atoms with E-state index >= 15 is 0 Å². The number of carbonyl (C=O) groups is 1. The summed E-state index contributed by atoms with van der Waals surface area (Å²) in [5, 5.41) is 0. The molecule has 0 aromatic carbocycles. The molecule has 0 amide bonds. The van der Waals surface area contributed by atoms with Gasteiger partial charge < -0.3 is 0 Å². The lowest BCUT2D eigenvalue weighted by Gasteiger charge is -2.11. The lowest BCUT2D eigenvalue weighted by Crippen LogP contribution is -2.09. The molecule has 0 aliphatic rings. The van der Waals surface area contributed by atoms with Crippen molar-refractivity contribution in [1.29, 1.82) is 0 Å². The van der Waals surface area contributed by atoms with Crippen LogP contribution in [0.5, 0.6) is 0 Å². The van der Waals surface area contributed by atoms with Crippen LogP contribution in [0.25, 0.3) is 0 Å². The van der Waals surface area contributed by atoms with E-state index in [0.29, 0.717) is 5.78 Å². The number of Topliss-reactive ketones (excluding diaryl/α,β-unsaturated/α-hetero) is 1. The van der Waals surface area contributed by atoms with Gasteiger partial charge in [0.05, 0.1) is 0 Å². The summed E-state index contributed by atoms with van der Waals surface area (Å²) in [7, 11) is 0. The van der Waals surface area contributed by atoms with Crippen molar-refractivity contribution in [3.05, 3.63) is 58.2 Å². The first-order valence-corrected chi connectivity index (χ1v) is 11.4. The summed E-state index contributed by atoms with van der Waals surface area (Å²) in [4.78, 5) is 12.0. The molecule has 0 saturated carbocycles. The van der Waals surface area contributed by atoms with Crippen LogP contribution in [0.3, 0.4) is 0 Å². The molecule has 0 aliphatic heterocycles. The normalized spacial score (nSPS) is 13.9. The van der Waals surface area contributed by atoms with Gasteiger partial charge in [-0.1, -0.05) is 58.2 Å². The minimum atomic E-state index is 0.115. The van der Waals surface area contributed by atoms with E-state index in [-0.39, 0.29) is 5.92 Å². The number of hydrogen-bond donors (Lipinski definition) is 0. The fraction of sp³-hybridized carbons (Fsp3) is 0.607. The SMILES string of the molecule is CC(=O)C(CC=C(C)CCC=C(C)CCC=C(C)C)C/C=C(\C)CCC=C(C)C. The molecule has 0 aliphatic carbocycles. The van der Waals surface area contributed by atoms with Crippen LogP contribution in [-0.4, -0.2) is 5.78 Å². The van der Waals surface area contributed by atoms with Crippen LogP contribution in [0.15, 0.2) is 58.2 Å². The third-order valence-corrected chi connectivity index (χ3v) is 5.29. The van der Waals surface area contributed by atoms with Gasteiger partial charge in [0.25, 0.3) is 0 Å². The number of ketones is 1. The van der Waals surface area contributed by atoms with Crippen LogP contribution in [0.4, 0.5) is 0 Å². The van der Waals surface area contributed by atoms with E-state index in [1.807, 2.05) is 0 Å². The summed E-state index contributed by atoms with van der Waals surface area (Å²) in [5.41, 5.74) is 7.04. The highest BCUT2D eigenvalue weighted by molar-refractivity contribution is 5.78. The standard InChI is InChI=1S/C28H46O/c1-22(2)12-9-14-24(5)16-11-17-26(7)19-21-28(27(8)29)20-18-25(6)15-10-13-23(3)4/h12-13,16,18-19,28H,9-11,14-15,17,20-21H2,1-8H3/b24-16?,25-18+,26-19?. The van der Waals surface area contributed by atoms with Gasteiger partial charge in [0, 0.05) is 5.92 Å². The molecular weight excluding hydrogens is 352 g/mol. The van der Waals surface area contributed by atoms with E-state index in [0.717, 1.165) is 51.4 Å². The minimum absolute atomic E-state index is 0.115. The number of allylic oxidation sites excluding steroid dienone is 10. The summed E-state index contributed by atoms with van der Waals surface area (Å²) in [6.07, 6.45) is 19.9. The first-order valence-electron chi connectivity index (χ1n) is 11.4. The fourth-order valence-electron chi connectivity index (χ4n) is 3.14. The number of carbonyl (C=O) groups excluding carboxylic acids is 1. The Hall–Kier alpha value is -1.63. The minimum Gasteiger partial charge on any atom is -0.300 e. The maximum atomic E-state index is 12.0. The van der Waals surface area contributed by atoms with Crippen molar-refractivity contribution in [2.75, 3.05) is 0 Å². The van der Waals surface area contributed by atoms with Crippen LogP contribution >= 0.6 is 0 Å². The topological polar surface area (TPSA) is 17.1 Å². The Balaban J connectivity index is 4.47. The van der Waals surface area contributed by atoms with E-state index < -0.39 is 0 Å². The highest BCUT2D eigenvalue weighted by Crippen LogP contribution is 2.18. The zero-order valence-electron chi connectivity index (χ0n) is 20.5. The third-order valence-electron chi connectivity index (χ3n) is 5.29. The van der Waals surface area contributed by atoms with Crippen molar-refractivity contribution in [2.24, 2.45) is 5.92 Å². The predicted molar refractivity (Wildman–Crippen MR) is 131 cm³/mol. The van der Waals surface area contributed by atoms with Crippen LogP contribution in [-0.2, 0) is 4.79 Å². The molecule has 29 heavy (non-hydrogen) atoms. The molecule has 0 radical (unpaired) electrons. The highest BCUT2D eigenvalue weighted by atomic mass is 16.1. The molecule has 0 saturated heterocycles. The first-order chi connectivity index (χ1) is 13.6. The summed E-state index contributed by atoms with van der Waals surface area (Å²) in [6, 6.07) is 0. The largest absolute Gasteiger partial charge is 0.300 e. The van der Waals surface area contributed by atoms with Crippen LogP contribution in [0.2, 0.25) is 0 Å². The Bertz CT molecular complexity index is 629. The maximum absolute atomic E-state index is 12.0. The summed E-state index contributed by atoms with van der Waals surface area (Å²) in [5.74, 6) is 0.419. The Labute approximate surface area is 181 Å². The molecule has 1 nitrogen and oxygen atoms in total. The van der Waals surface area contributed by atoms with Gasteiger partial charge in [-0.15, -0.1) is 0 Å². The summed E-state index contributed by atoms with van der Waals surface area (Å²) < 4.78 is 0. The van der Waals surface area contributed by atoms with Gasteiger partial charge in [-0.3, -0.25) is 4.79 Å². The quantitative estimate of drug-likeness (QED) is 0.267. The average Bonchev–Trinajstić information content (AvgIpc) is 2.60. The molecule has 0 bridgehead atoms. The van der Waals surface area contributed by atoms with Crippen molar-refractivity contribution >= 4 is 5.78 Å². The van der Waals surface area contributed by atoms with E-state index in [1.54, 1.807) is 6.92 Å². The Morgan fingerprint density at radius 2 is 0.897 bits per heavy atom. The molecule has 0 aromatic rings. The molecule has 0 spiro atoms. The third kappa shape index (κ3) is 17.0. The van der Waals surface area contributed by atoms with Gasteiger partial charge in [-0.05, 0) is 107 Å². The van der Waals surface area contributed by atoms with Crippen LogP contribution in [0.1, 0.15) is 107 Å². The highest BCUT2D eigenvalue weighted by Gasteiger charge is 2.11. The second-order valence-electron chi connectivity index (χ2n) is 9.11. The second kappa shape index (κ2) is 16.2. The Kier molecular flexibility index (Phi) is 15.3. The van der Waals surface area contributed by atoms with Crippen molar-refractivity contribution in [1.82, 2.24) is 0 Å². The van der Waals surface area contributed by atoms with E-state index in [9.17, 15) is 4.79 Å². The van der Waals surface area contributed by atoms with Gasteiger partial charge in [-0.2, -0.15) is 0 Å². The van der Waals surface area contributed by atoms with E-state index in [2.05, 4.69) is 78.8 Å². The van der Waals surface area contributed by atoms with Gasteiger partial charge in [0.1, 0.15) is 5.78 Å². The molecule has 1 atom stereocenters. The van der Waals surface area contributed by atoms with E-state index in [1.165, 1.54) is 27.9 Å². The van der Waals surface area contributed by atoms with Gasteiger partial charge in [0.2, 0.25) is 0 Å².